The van der Waals surface area contributed by atoms with Crippen LogP contribution in [0, 0.1) is 0 Å². The first kappa shape index (κ1) is 29.1. The second-order valence-electron chi connectivity index (χ2n) is 9.90. The first-order valence-electron chi connectivity index (χ1n) is 13.9. The average Bonchev–Trinajstić information content (AvgIpc) is 3.08. The monoisotopic (exact) mass is 604 g/mol. The maximum Gasteiger partial charge on any atom is 0.324 e. The van der Waals surface area contributed by atoms with Gasteiger partial charge in [-0.05, 0) is 47.5 Å². The Morgan fingerprint density at radius 3 is 1.69 bits per heavy atom. The van der Waals surface area contributed by atoms with Gasteiger partial charge in [-0.3, -0.25) is 9.59 Å². The molecule has 226 valence electrons. The minimum atomic E-state index is -0.334. The van der Waals surface area contributed by atoms with Crippen molar-refractivity contribution in [3.8, 4) is 29.3 Å². The van der Waals surface area contributed by atoms with Crippen molar-refractivity contribution in [3.05, 3.63) is 118 Å². The van der Waals surface area contributed by atoms with Crippen LogP contribution in [0.1, 0.15) is 43.0 Å². The van der Waals surface area contributed by atoms with Gasteiger partial charge in [0.2, 0.25) is 5.95 Å². The number of ketones is 2. The van der Waals surface area contributed by atoms with Crippen LogP contribution in [0.4, 0.5) is 11.6 Å². The van der Waals surface area contributed by atoms with Gasteiger partial charge in [0.05, 0.1) is 38.1 Å². The van der Waals surface area contributed by atoms with Crippen molar-refractivity contribution in [2.45, 2.75) is 13.2 Å². The van der Waals surface area contributed by atoms with E-state index in [0.29, 0.717) is 28.3 Å². The zero-order valence-electron chi connectivity index (χ0n) is 24.7. The number of nitrogens with zero attached hydrogens (tertiary/aromatic N) is 3. The molecule has 5 aromatic rings. The van der Waals surface area contributed by atoms with Gasteiger partial charge in [0.15, 0.2) is 11.6 Å². The van der Waals surface area contributed by atoms with Crippen LogP contribution in [0.2, 0.25) is 0 Å². The number of benzene rings is 4. The number of ether oxygens (including phenoxy) is 5. The van der Waals surface area contributed by atoms with E-state index in [2.05, 4.69) is 20.3 Å². The summed E-state index contributed by atoms with van der Waals surface area (Å²) in [6.45, 7) is 0.273. The molecule has 1 aromatic heterocycles. The number of hydrogen-bond donors (Lipinski definition) is 1. The quantitative estimate of drug-likeness (QED) is 0.199. The molecule has 0 bridgehead atoms. The highest BCUT2D eigenvalue weighted by Crippen LogP contribution is 2.38. The normalized spacial score (nSPS) is 11.7. The number of methoxy groups -OCH3 is 3. The summed E-state index contributed by atoms with van der Waals surface area (Å²) in [5, 5.41) is 3.09. The largest absolute Gasteiger partial charge is 0.497 e. The minimum absolute atomic E-state index is 0.0221. The highest BCUT2D eigenvalue weighted by atomic mass is 16.5. The van der Waals surface area contributed by atoms with Gasteiger partial charge >= 0.3 is 12.0 Å². The number of hydrogen-bond acceptors (Lipinski definition) is 11. The number of aromatic nitrogens is 3. The highest BCUT2D eigenvalue weighted by molar-refractivity contribution is 6.31. The Kier molecular flexibility index (Phi) is 8.23. The van der Waals surface area contributed by atoms with E-state index in [1.807, 2.05) is 48.5 Å². The third-order valence-electron chi connectivity index (χ3n) is 7.10. The van der Waals surface area contributed by atoms with E-state index < -0.39 is 0 Å². The van der Waals surface area contributed by atoms with Crippen LogP contribution in [0.15, 0.2) is 84.9 Å². The van der Waals surface area contributed by atoms with Crippen LogP contribution in [0.25, 0.3) is 0 Å². The molecule has 11 heteroatoms. The molecule has 0 atom stereocenters. The van der Waals surface area contributed by atoms with Crippen molar-refractivity contribution < 1.29 is 33.3 Å². The lowest BCUT2D eigenvalue weighted by Crippen LogP contribution is -2.23. The fourth-order valence-electron chi connectivity index (χ4n) is 4.93. The molecule has 0 fully saturated rings. The predicted octanol–water partition coefficient (Wildman–Crippen LogP) is 5.57. The van der Waals surface area contributed by atoms with Crippen molar-refractivity contribution in [2.75, 3.05) is 26.6 Å². The Morgan fingerprint density at radius 2 is 1.16 bits per heavy atom. The summed E-state index contributed by atoms with van der Waals surface area (Å²) in [6, 6.07) is 24.7. The minimum Gasteiger partial charge on any atom is -0.497 e. The number of fused-ring (bicyclic) bond motifs is 2. The first-order valence-corrected chi connectivity index (χ1v) is 13.9. The molecule has 6 rings (SSSR count). The summed E-state index contributed by atoms with van der Waals surface area (Å²) in [5.41, 5.74) is 2.88. The molecular weight excluding hydrogens is 576 g/mol. The molecule has 1 aliphatic rings. The molecule has 11 nitrogen and oxygen atoms in total. The second-order valence-corrected chi connectivity index (χ2v) is 9.90. The number of rotatable bonds is 11. The van der Waals surface area contributed by atoms with E-state index in [0.717, 1.165) is 11.1 Å². The van der Waals surface area contributed by atoms with Gasteiger partial charge in [0.25, 0.3) is 0 Å². The van der Waals surface area contributed by atoms with Crippen LogP contribution in [0.3, 0.4) is 0 Å². The van der Waals surface area contributed by atoms with E-state index >= 15 is 0 Å². The SMILES string of the molecule is COc1cccc(COc2nc(Nc3ccc(OC)c4c3C(=O)c3ccccc3C4=O)nc(OCc3cccc(OC)c3)n2)c1. The molecular formula is C34H28N4O7. The molecule has 1 heterocycles. The molecule has 0 saturated heterocycles. The van der Waals surface area contributed by atoms with Crippen molar-refractivity contribution in [1.29, 1.82) is 0 Å². The summed E-state index contributed by atoms with van der Waals surface area (Å²) >= 11 is 0. The smallest absolute Gasteiger partial charge is 0.324 e. The average molecular weight is 605 g/mol. The molecule has 0 aliphatic heterocycles. The van der Waals surface area contributed by atoms with Gasteiger partial charge in [-0.1, -0.05) is 48.5 Å². The molecule has 0 amide bonds. The van der Waals surface area contributed by atoms with Gasteiger partial charge in [0, 0.05) is 11.1 Å². The Hall–Kier alpha value is -5.97. The zero-order chi connectivity index (χ0) is 31.3. The maximum absolute atomic E-state index is 13.7. The van der Waals surface area contributed by atoms with Crippen LogP contribution in [-0.2, 0) is 13.2 Å². The van der Waals surface area contributed by atoms with Gasteiger partial charge in [-0.25, -0.2) is 0 Å². The van der Waals surface area contributed by atoms with Crippen LogP contribution in [-0.4, -0.2) is 47.8 Å². The maximum atomic E-state index is 13.7. The first-order chi connectivity index (χ1) is 22.0. The van der Waals surface area contributed by atoms with Gasteiger partial charge in [0.1, 0.15) is 30.5 Å². The third-order valence-corrected chi connectivity index (χ3v) is 7.10. The highest BCUT2D eigenvalue weighted by Gasteiger charge is 2.34. The number of anilines is 2. The lowest BCUT2D eigenvalue weighted by molar-refractivity contribution is 0.0977. The summed E-state index contributed by atoms with van der Waals surface area (Å²) in [6.07, 6.45) is 0. The zero-order valence-corrected chi connectivity index (χ0v) is 24.7. The number of carbonyl (C=O) groups is 2. The van der Waals surface area contributed by atoms with E-state index in [1.54, 1.807) is 50.6 Å². The van der Waals surface area contributed by atoms with Crippen LogP contribution >= 0.6 is 0 Å². The van der Waals surface area contributed by atoms with Crippen LogP contribution < -0.4 is 29.0 Å². The summed E-state index contributed by atoms with van der Waals surface area (Å²) in [4.78, 5) is 40.5. The molecule has 0 radical (unpaired) electrons. The lowest BCUT2D eigenvalue weighted by Gasteiger charge is -2.22. The van der Waals surface area contributed by atoms with Crippen LogP contribution in [0.5, 0.6) is 29.3 Å². The van der Waals surface area contributed by atoms with Crippen molar-refractivity contribution in [2.24, 2.45) is 0 Å². The standard InChI is InChI=1S/C34H28N4O7/c1-41-22-10-6-8-20(16-22)18-44-33-36-32(37-34(38-33)45-19-21-9-7-11-23(17-21)42-2)35-26-14-15-27(43-3)29-28(26)30(39)24-12-4-5-13-25(24)31(29)40/h4-17H,18-19H2,1-3H3,(H,35,36,37,38). The number of nitrogens with one attached hydrogen (secondary N) is 1. The summed E-state index contributed by atoms with van der Waals surface area (Å²) in [5.74, 6) is 1.03. The van der Waals surface area contributed by atoms with Crippen molar-refractivity contribution in [1.82, 2.24) is 15.0 Å². The van der Waals surface area contributed by atoms with Gasteiger partial charge in [-0.15, -0.1) is 4.98 Å². The Morgan fingerprint density at radius 1 is 0.600 bits per heavy atom. The lowest BCUT2D eigenvalue weighted by atomic mass is 9.82. The van der Waals surface area contributed by atoms with Gasteiger partial charge < -0.3 is 29.0 Å². The summed E-state index contributed by atoms with van der Waals surface area (Å²) < 4.78 is 28.0. The molecule has 1 aliphatic carbocycles. The topological polar surface area (TPSA) is 131 Å². The second kappa shape index (κ2) is 12.7. The van der Waals surface area contributed by atoms with E-state index in [4.69, 9.17) is 23.7 Å². The Bertz CT molecular complexity index is 1840. The van der Waals surface area contributed by atoms with Crippen molar-refractivity contribution in [3.63, 3.8) is 0 Å². The van der Waals surface area contributed by atoms with E-state index in [9.17, 15) is 9.59 Å². The number of carbonyl (C=O) groups excluding carboxylic acids is 2. The molecule has 0 spiro atoms. The molecule has 0 saturated carbocycles. The molecule has 4 aromatic carbocycles. The van der Waals surface area contributed by atoms with Gasteiger partial charge in [-0.2, -0.15) is 9.97 Å². The van der Waals surface area contributed by atoms with Crippen molar-refractivity contribution >= 4 is 23.2 Å². The van der Waals surface area contributed by atoms with E-state index in [1.165, 1.54) is 7.11 Å². The fraction of sp³-hybridized carbons (Fsp3) is 0.147. The Labute approximate surface area is 258 Å². The summed E-state index contributed by atoms with van der Waals surface area (Å²) in [7, 11) is 4.63. The Balaban J connectivity index is 1.35. The fourth-order valence-corrected chi connectivity index (χ4v) is 4.93. The van der Waals surface area contributed by atoms with E-state index in [-0.39, 0.29) is 59.6 Å². The molecule has 45 heavy (non-hydrogen) atoms. The predicted molar refractivity (Wildman–Crippen MR) is 164 cm³/mol. The third kappa shape index (κ3) is 6.09. The molecule has 0 unspecified atom stereocenters. The molecule has 1 N–H and O–H groups in total.